The van der Waals surface area contributed by atoms with Gasteiger partial charge >= 0.3 is 12.3 Å². The molecular weight excluding hydrogens is 352 g/mol. The van der Waals surface area contributed by atoms with Crippen molar-refractivity contribution in [2.24, 2.45) is 0 Å². The van der Waals surface area contributed by atoms with E-state index < -0.39 is 23.0 Å². The molecule has 9 nitrogen and oxygen atoms in total. The summed E-state index contributed by atoms with van der Waals surface area (Å²) in [6.45, 7) is -2.14. The highest BCUT2D eigenvalue weighted by atomic mass is 19.3. The van der Waals surface area contributed by atoms with Gasteiger partial charge < -0.3 is 14.8 Å². The van der Waals surface area contributed by atoms with Gasteiger partial charge in [-0.25, -0.2) is 9.67 Å². The molecule has 1 atom stereocenters. The third-order valence-corrected chi connectivity index (χ3v) is 3.91. The van der Waals surface area contributed by atoms with Crippen LogP contribution < -0.4 is 10.1 Å². The van der Waals surface area contributed by atoms with Crippen LogP contribution in [0.5, 0.6) is 5.75 Å². The number of ether oxygens (including phenoxy) is 2. The molecule has 0 radical (unpaired) electrons. The van der Waals surface area contributed by atoms with Gasteiger partial charge in [-0.1, -0.05) is 0 Å². The zero-order chi connectivity index (χ0) is 18.7. The van der Waals surface area contributed by atoms with Gasteiger partial charge in [0.05, 0.1) is 11.0 Å². The van der Waals surface area contributed by atoms with Crippen LogP contribution in [0.15, 0.2) is 18.2 Å². The Balaban J connectivity index is 1.84. The number of anilines is 1. The molecule has 0 saturated heterocycles. The van der Waals surface area contributed by atoms with Gasteiger partial charge in [-0.2, -0.15) is 13.9 Å². The van der Waals surface area contributed by atoms with Gasteiger partial charge in [0, 0.05) is 31.5 Å². The number of nitrogens with zero attached hydrogens (tertiary/aromatic N) is 4. The highest BCUT2D eigenvalue weighted by Gasteiger charge is 2.25. The highest BCUT2D eigenvalue weighted by molar-refractivity contribution is 5.58. The van der Waals surface area contributed by atoms with Crippen molar-refractivity contribution in [2.45, 2.75) is 38.6 Å². The van der Waals surface area contributed by atoms with Crippen molar-refractivity contribution >= 4 is 11.4 Å². The first-order valence-electron chi connectivity index (χ1n) is 7.90. The normalized spacial score (nSPS) is 16.4. The first-order valence-corrected chi connectivity index (χ1v) is 7.90. The Morgan fingerprint density at radius 2 is 2.31 bits per heavy atom. The summed E-state index contributed by atoms with van der Waals surface area (Å²) in [5, 5.41) is 18.5. The number of aromatic nitrogens is 3. The van der Waals surface area contributed by atoms with E-state index in [9.17, 15) is 18.9 Å². The molecular formula is C15H17F2N5O4. The molecule has 0 spiro atoms. The number of hydrogen-bond acceptors (Lipinski definition) is 7. The minimum Gasteiger partial charge on any atom is -0.427 e. The van der Waals surface area contributed by atoms with Crippen molar-refractivity contribution < 1.29 is 23.2 Å². The molecule has 0 saturated carbocycles. The molecule has 3 rings (SSSR count). The molecule has 1 aromatic carbocycles. The summed E-state index contributed by atoms with van der Waals surface area (Å²) in [7, 11) is 1.55. The molecule has 26 heavy (non-hydrogen) atoms. The van der Waals surface area contributed by atoms with Crippen LogP contribution >= 0.6 is 0 Å². The lowest BCUT2D eigenvalue weighted by molar-refractivity contribution is -0.386. The van der Waals surface area contributed by atoms with E-state index in [1.807, 2.05) is 0 Å². The standard InChI is InChI=1S/C15H17F2N5O4/c1-25-8-13-19-14-10(3-2-6-21(14)20-13)18-9-4-5-11(22(23)24)12(7-9)26-15(16)17/h4-5,7,10,15,18H,2-3,6,8H2,1H3. The van der Waals surface area contributed by atoms with Crippen molar-refractivity contribution in [2.75, 3.05) is 12.4 Å². The molecule has 11 heteroatoms. The quantitative estimate of drug-likeness (QED) is 0.591. The van der Waals surface area contributed by atoms with Crippen molar-refractivity contribution in [3.8, 4) is 5.75 Å². The lowest BCUT2D eigenvalue weighted by atomic mass is 10.1. The first kappa shape index (κ1) is 18.0. The zero-order valence-electron chi connectivity index (χ0n) is 13.9. The van der Waals surface area contributed by atoms with Crippen LogP contribution in [-0.2, 0) is 17.9 Å². The van der Waals surface area contributed by atoms with Crippen LogP contribution in [0.1, 0.15) is 30.5 Å². The first-order chi connectivity index (χ1) is 12.5. The fraction of sp³-hybridized carbons (Fsp3) is 0.467. The van der Waals surface area contributed by atoms with Crippen molar-refractivity contribution in [3.05, 3.63) is 40.0 Å². The van der Waals surface area contributed by atoms with E-state index in [-0.39, 0.29) is 12.6 Å². The average Bonchev–Trinajstić information content (AvgIpc) is 2.98. The van der Waals surface area contributed by atoms with Crippen molar-refractivity contribution in [1.82, 2.24) is 14.8 Å². The predicted molar refractivity (Wildman–Crippen MR) is 86.1 cm³/mol. The molecule has 0 aliphatic carbocycles. The molecule has 2 heterocycles. The van der Waals surface area contributed by atoms with Gasteiger partial charge in [0.2, 0.25) is 5.75 Å². The van der Waals surface area contributed by atoms with E-state index in [1.54, 1.807) is 11.8 Å². The maximum absolute atomic E-state index is 12.5. The number of rotatable bonds is 7. The van der Waals surface area contributed by atoms with Crippen LogP contribution in [0.3, 0.4) is 0 Å². The number of nitro groups is 1. The monoisotopic (exact) mass is 369 g/mol. The molecule has 0 fully saturated rings. The van der Waals surface area contributed by atoms with Gasteiger partial charge in [-0.15, -0.1) is 0 Å². The van der Waals surface area contributed by atoms with Crippen LogP contribution in [0.2, 0.25) is 0 Å². The van der Waals surface area contributed by atoms with E-state index in [0.717, 1.165) is 25.5 Å². The summed E-state index contributed by atoms with van der Waals surface area (Å²) in [6.07, 6.45) is 1.61. The second kappa shape index (κ2) is 7.60. The Morgan fingerprint density at radius 3 is 3.00 bits per heavy atom. The number of hydrogen-bond donors (Lipinski definition) is 1. The number of methoxy groups -OCH3 is 1. The summed E-state index contributed by atoms with van der Waals surface area (Å²) in [5.41, 5.74) is -0.106. The minimum absolute atomic E-state index is 0.206. The molecule has 1 aliphatic rings. The molecule has 0 amide bonds. The smallest absolute Gasteiger partial charge is 0.387 e. The summed E-state index contributed by atoms with van der Waals surface area (Å²) < 4.78 is 36.1. The number of nitrogens with one attached hydrogen (secondary N) is 1. The average molecular weight is 369 g/mol. The maximum Gasteiger partial charge on any atom is 0.387 e. The van der Waals surface area contributed by atoms with Gasteiger partial charge in [-0.3, -0.25) is 10.1 Å². The fourth-order valence-electron chi connectivity index (χ4n) is 2.87. The SMILES string of the molecule is COCc1nc2n(n1)CCCC2Nc1ccc([N+](=O)[O-])c(OC(F)F)c1. The molecule has 2 aromatic rings. The summed E-state index contributed by atoms with van der Waals surface area (Å²) in [5.74, 6) is 0.770. The largest absolute Gasteiger partial charge is 0.427 e. The topological polar surface area (TPSA) is 104 Å². The van der Waals surface area contributed by atoms with E-state index in [0.29, 0.717) is 17.3 Å². The van der Waals surface area contributed by atoms with Crippen molar-refractivity contribution in [1.29, 1.82) is 0 Å². The summed E-state index contributed by atoms with van der Waals surface area (Å²) in [4.78, 5) is 14.6. The molecule has 1 aromatic heterocycles. The zero-order valence-corrected chi connectivity index (χ0v) is 13.9. The minimum atomic E-state index is -3.15. The summed E-state index contributed by atoms with van der Waals surface area (Å²) in [6, 6.07) is 3.56. The number of nitro benzene ring substituents is 1. The maximum atomic E-state index is 12.5. The van der Waals surface area contributed by atoms with Gasteiger partial charge in [0.1, 0.15) is 12.4 Å². The van der Waals surface area contributed by atoms with E-state index in [4.69, 9.17) is 4.74 Å². The van der Waals surface area contributed by atoms with E-state index >= 15 is 0 Å². The van der Waals surface area contributed by atoms with E-state index in [2.05, 4.69) is 20.1 Å². The Kier molecular flexibility index (Phi) is 5.26. The highest BCUT2D eigenvalue weighted by Crippen LogP contribution is 2.34. The Labute approximate surface area is 147 Å². The molecule has 1 unspecified atom stereocenters. The molecule has 0 bridgehead atoms. The predicted octanol–water partition coefficient (Wildman–Crippen LogP) is 2.88. The second-order valence-electron chi connectivity index (χ2n) is 5.70. The third-order valence-electron chi connectivity index (χ3n) is 3.91. The fourth-order valence-corrected chi connectivity index (χ4v) is 2.87. The summed E-state index contributed by atoms with van der Waals surface area (Å²) >= 11 is 0. The Bertz CT molecular complexity index is 798. The second-order valence-corrected chi connectivity index (χ2v) is 5.70. The third kappa shape index (κ3) is 3.87. The van der Waals surface area contributed by atoms with Gasteiger partial charge in [0.25, 0.3) is 0 Å². The molecule has 1 N–H and O–H groups in total. The van der Waals surface area contributed by atoms with Crippen LogP contribution in [0.25, 0.3) is 0 Å². The van der Waals surface area contributed by atoms with E-state index in [1.165, 1.54) is 12.1 Å². The number of fused-ring (bicyclic) bond motifs is 1. The Morgan fingerprint density at radius 1 is 1.50 bits per heavy atom. The van der Waals surface area contributed by atoms with Crippen LogP contribution in [-0.4, -0.2) is 33.4 Å². The van der Waals surface area contributed by atoms with Gasteiger partial charge in [0.15, 0.2) is 5.82 Å². The van der Waals surface area contributed by atoms with Crippen LogP contribution in [0, 0.1) is 10.1 Å². The number of halogens is 2. The molecule has 1 aliphatic heterocycles. The number of aryl methyl sites for hydroxylation is 1. The number of benzene rings is 1. The lowest BCUT2D eigenvalue weighted by Crippen LogP contribution is -2.22. The van der Waals surface area contributed by atoms with Crippen LogP contribution in [0.4, 0.5) is 20.2 Å². The van der Waals surface area contributed by atoms with Crippen molar-refractivity contribution in [3.63, 3.8) is 0 Å². The molecule has 140 valence electrons. The Hall–Kier alpha value is -2.82. The van der Waals surface area contributed by atoms with Gasteiger partial charge in [-0.05, 0) is 18.9 Å². The number of alkyl halides is 2. The lowest BCUT2D eigenvalue weighted by Gasteiger charge is -2.24.